The van der Waals surface area contributed by atoms with Crippen LogP contribution >= 0.6 is 12.2 Å². The van der Waals surface area contributed by atoms with Gasteiger partial charge in [0.05, 0.1) is 29.9 Å². The summed E-state index contributed by atoms with van der Waals surface area (Å²) in [6.45, 7) is 6.32. The minimum Gasteiger partial charge on any atom is -0.494 e. The Hall–Kier alpha value is -3.85. The molecule has 2 aromatic heterocycles. The Morgan fingerprint density at radius 1 is 0.974 bits per heavy atom. The van der Waals surface area contributed by atoms with Gasteiger partial charge in [0.25, 0.3) is 0 Å². The van der Waals surface area contributed by atoms with Crippen LogP contribution < -0.4 is 15.0 Å². The van der Waals surface area contributed by atoms with E-state index in [2.05, 4.69) is 10.3 Å². The Labute approximate surface area is 224 Å². The quantitative estimate of drug-likeness (QED) is 0.267. The fourth-order valence-electron chi connectivity index (χ4n) is 5.12. The van der Waals surface area contributed by atoms with Crippen LogP contribution in [0.25, 0.3) is 5.69 Å². The number of halogens is 3. The van der Waals surface area contributed by atoms with Gasteiger partial charge < -0.3 is 19.5 Å². The summed E-state index contributed by atoms with van der Waals surface area (Å²) >= 11 is 5.82. The first-order chi connectivity index (χ1) is 18.2. The van der Waals surface area contributed by atoms with Gasteiger partial charge in [0.15, 0.2) is 5.11 Å². The number of hydrogen-bond acceptors (Lipinski definition) is 3. The molecule has 1 fully saturated rings. The number of aryl methyl sites for hydroxylation is 1. The summed E-state index contributed by atoms with van der Waals surface area (Å²) in [4.78, 5) is 6.64. The van der Waals surface area contributed by atoms with E-state index in [4.69, 9.17) is 17.0 Å². The number of pyridine rings is 1. The Morgan fingerprint density at radius 2 is 1.74 bits per heavy atom. The number of hydrogen-bond donors (Lipinski definition) is 1. The summed E-state index contributed by atoms with van der Waals surface area (Å²) in [5, 5.41) is 3.98. The molecule has 0 unspecified atom stereocenters. The van der Waals surface area contributed by atoms with E-state index >= 15 is 0 Å². The number of nitrogens with one attached hydrogen (secondary N) is 1. The number of thiocarbonyl (C=S) groups is 1. The third-order valence-corrected chi connectivity index (χ3v) is 7.06. The lowest BCUT2D eigenvalue weighted by Gasteiger charge is -2.28. The van der Waals surface area contributed by atoms with E-state index in [9.17, 15) is 13.2 Å². The van der Waals surface area contributed by atoms with Crippen LogP contribution in [0.1, 0.15) is 47.2 Å². The van der Waals surface area contributed by atoms with E-state index < -0.39 is 11.7 Å². The summed E-state index contributed by atoms with van der Waals surface area (Å²) in [7, 11) is 0. The number of aromatic nitrogens is 2. The molecule has 0 saturated carbocycles. The van der Waals surface area contributed by atoms with Crippen molar-refractivity contribution in [2.24, 2.45) is 0 Å². The van der Waals surface area contributed by atoms with Gasteiger partial charge in [-0.25, -0.2) is 0 Å². The Balaban J connectivity index is 1.64. The molecule has 0 amide bonds. The zero-order chi connectivity index (χ0) is 27.0. The molecule has 2 atom stereocenters. The van der Waals surface area contributed by atoms with Crippen molar-refractivity contribution < 1.29 is 17.9 Å². The molecule has 4 aromatic rings. The first kappa shape index (κ1) is 25.8. The number of nitrogens with zero attached hydrogens (tertiary/aromatic N) is 3. The van der Waals surface area contributed by atoms with Crippen LogP contribution in [0.2, 0.25) is 0 Å². The third kappa shape index (κ3) is 4.74. The monoisotopic (exact) mass is 536 g/mol. The first-order valence-electron chi connectivity index (χ1n) is 12.3. The molecule has 1 aliphatic heterocycles. The summed E-state index contributed by atoms with van der Waals surface area (Å²) in [6.07, 6.45) is -2.69. The molecule has 1 N–H and O–H groups in total. The Morgan fingerprint density at radius 3 is 2.39 bits per heavy atom. The standard InChI is InChI=1S/C29H27F3N4OS/c1-4-37-23-13-11-21(12-14-23)36-27(26(34-28(36)38)25-10-5-6-15-33-25)24-16-18(2)35(19(24)3)22-9-7-8-20(17-22)29(30,31)32/h5-17,26-27H,4H2,1-3H3,(H,34,38)/t26-,27+/m0/s1. The van der Waals surface area contributed by atoms with Crippen LogP contribution in [0.4, 0.5) is 18.9 Å². The molecule has 1 aliphatic rings. The van der Waals surface area contributed by atoms with Crippen LogP contribution in [0.5, 0.6) is 5.75 Å². The second-order valence-corrected chi connectivity index (χ2v) is 9.52. The lowest BCUT2D eigenvalue weighted by Crippen LogP contribution is -2.29. The highest BCUT2D eigenvalue weighted by atomic mass is 32.1. The molecule has 0 spiro atoms. The highest BCUT2D eigenvalue weighted by Crippen LogP contribution is 2.44. The molecule has 3 heterocycles. The zero-order valence-corrected chi connectivity index (χ0v) is 22.0. The van der Waals surface area contributed by atoms with Gasteiger partial charge in [-0.15, -0.1) is 0 Å². The van der Waals surface area contributed by atoms with Gasteiger partial charge in [0, 0.05) is 29.0 Å². The van der Waals surface area contributed by atoms with Crippen LogP contribution in [0.15, 0.2) is 79.0 Å². The molecule has 5 nitrogen and oxygen atoms in total. The molecule has 0 aliphatic carbocycles. The lowest BCUT2D eigenvalue weighted by atomic mass is 9.96. The topological polar surface area (TPSA) is 42.3 Å². The molecule has 0 bridgehead atoms. The highest BCUT2D eigenvalue weighted by Gasteiger charge is 2.42. The molecular weight excluding hydrogens is 509 g/mol. The van der Waals surface area contributed by atoms with Gasteiger partial charge >= 0.3 is 6.18 Å². The van der Waals surface area contributed by atoms with Gasteiger partial charge in [-0.05, 0) is 99.2 Å². The van der Waals surface area contributed by atoms with Crippen LogP contribution in [0.3, 0.4) is 0 Å². The van der Waals surface area contributed by atoms with E-state index in [1.807, 2.05) is 78.8 Å². The van der Waals surface area contributed by atoms with Crippen LogP contribution in [0, 0.1) is 13.8 Å². The van der Waals surface area contributed by atoms with Crippen molar-refractivity contribution in [2.45, 2.75) is 39.0 Å². The van der Waals surface area contributed by atoms with Crippen molar-refractivity contribution in [1.82, 2.24) is 14.9 Å². The predicted octanol–water partition coefficient (Wildman–Crippen LogP) is 7.08. The van der Waals surface area contributed by atoms with E-state index in [-0.39, 0.29) is 12.1 Å². The minimum atomic E-state index is -4.43. The van der Waals surface area contributed by atoms with E-state index in [0.29, 0.717) is 17.4 Å². The second-order valence-electron chi connectivity index (χ2n) is 9.13. The molecule has 0 radical (unpaired) electrons. The maximum Gasteiger partial charge on any atom is 0.416 e. The van der Waals surface area contributed by atoms with Crippen molar-refractivity contribution in [3.63, 3.8) is 0 Å². The van der Waals surface area contributed by atoms with Gasteiger partial charge in [0.2, 0.25) is 0 Å². The third-order valence-electron chi connectivity index (χ3n) is 6.74. The SMILES string of the molecule is CCOc1ccc(N2C(=S)N[C@@H](c3ccccn3)[C@H]2c2cc(C)n(-c3cccc(C(F)(F)F)c3)c2C)cc1. The van der Waals surface area contributed by atoms with E-state index in [1.165, 1.54) is 12.1 Å². The van der Waals surface area contributed by atoms with Crippen molar-refractivity contribution in [2.75, 3.05) is 11.5 Å². The highest BCUT2D eigenvalue weighted by molar-refractivity contribution is 7.80. The van der Waals surface area contributed by atoms with Crippen molar-refractivity contribution in [1.29, 1.82) is 0 Å². The molecular formula is C29H27F3N4OS. The average molecular weight is 537 g/mol. The van der Waals surface area contributed by atoms with Crippen molar-refractivity contribution >= 4 is 23.0 Å². The van der Waals surface area contributed by atoms with Gasteiger partial charge in [-0.2, -0.15) is 13.2 Å². The smallest absolute Gasteiger partial charge is 0.416 e. The van der Waals surface area contributed by atoms with Crippen LogP contribution in [-0.4, -0.2) is 21.3 Å². The number of rotatable bonds is 6. The van der Waals surface area contributed by atoms with Gasteiger partial charge in [0.1, 0.15) is 5.75 Å². The number of alkyl halides is 3. The minimum absolute atomic E-state index is 0.272. The molecule has 2 aromatic carbocycles. The molecule has 196 valence electrons. The lowest BCUT2D eigenvalue weighted by molar-refractivity contribution is -0.137. The van der Waals surface area contributed by atoms with E-state index in [0.717, 1.165) is 40.1 Å². The maximum absolute atomic E-state index is 13.5. The second kappa shape index (κ2) is 10.1. The average Bonchev–Trinajstić information content (AvgIpc) is 3.39. The van der Waals surface area contributed by atoms with Crippen molar-refractivity contribution in [3.8, 4) is 11.4 Å². The first-order valence-corrected chi connectivity index (χ1v) is 12.7. The van der Waals surface area contributed by atoms with Gasteiger partial charge in [-0.3, -0.25) is 4.98 Å². The maximum atomic E-state index is 13.5. The van der Waals surface area contributed by atoms with Crippen LogP contribution in [-0.2, 0) is 6.18 Å². The molecule has 9 heteroatoms. The summed E-state index contributed by atoms with van der Waals surface area (Å²) < 4.78 is 47.9. The van der Waals surface area contributed by atoms with Crippen molar-refractivity contribution in [3.05, 3.63) is 107 Å². The van der Waals surface area contributed by atoms with Gasteiger partial charge in [-0.1, -0.05) is 12.1 Å². The van der Waals surface area contributed by atoms with E-state index in [1.54, 1.807) is 12.3 Å². The number of anilines is 1. The number of benzene rings is 2. The fraction of sp³-hybridized carbons (Fsp3) is 0.241. The molecule has 38 heavy (non-hydrogen) atoms. The molecule has 5 rings (SSSR count). The summed E-state index contributed by atoms with van der Waals surface area (Å²) in [5.41, 5.74) is 4.05. The molecule has 1 saturated heterocycles. The Kier molecular flexibility index (Phi) is 6.88. The normalized spacial score (nSPS) is 17.5. The Bertz CT molecular complexity index is 1450. The summed E-state index contributed by atoms with van der Waals surface area (Å²) in [5.74, 6) is 0.759. The largest absolute Gasteiger partial charge is 0.494 e. The predicted molar refractivity (Wildman–Crippen MR) is 146 cm³/mol. The zero-order valence-electron chi connectivity index (χ0n) is 21.2. The summed E-state index contributed by atoms with van der Waals surface area (Å²) in [6, 6.07) is 20.3. The fourth-order valence-corrected chi connectivity index (χ4v) is 5.47. The number of ether oxygens (including phenoxy) is 1.